The number of aliphatic imine (C=N–C) groups is 1. The predicted octanol–water partition coefficient (Wildman–Crippen LogP) is 4.51. The van der Waals surface area contributed by atoms with Crippen LogP contribution in [0.5, 0.6) is 0 Å². The van der Waals surface area contributed by atoms with Gasteiger partial charge in [0.1, 0.15) is 5.82 Å². The number of hydrogen-bond acceptors (Lipinski definition) is 2. The van der Waals surface area contributed by atoms with Gasteiger partial charge in [-0.05, 0) is 42.2 Å². The largest absolute Gasteiger partial charge is 0.381 e. The minimum absolute atomic E-state index is 0. The minimum Gasteiger partial charge on any atom is -0.381 e. The molecule has 7 heteroatoms. The average molecular weight is 518 g/mol. The SMILES string of the molecule is CN=C(NCc1ccc(F)cc1)NCC1(c2ccccc2Cl)CCOCC1.I. The third kappa shape index (κ3) is 5.81. The van der Waals surface area contributed by atoms with Crippen molar-refractivity contribution in [3.05, 3.63) is 70.5 Å². The van der Waals surface area contributed by atoms with Gasteiger partial charge in [-0.1, -0.05) is 41.9 Å². The number of guanidine groups is 1. The summed E-state index contributed by atoms with van der Waals surface area (Å²) in [7, 11) is 1.74. The summed E-state index contributed by atoms with van der Waals surface area (Å²) >= 11 is 6.51. The van der Waals surface area contributed by atoms with Crippen LogP contribution in [0.1, 0.15) is 24.0 Å². The third-order valence-corrected chi connectivity index (χ3v) is 5.42. The minimum atomic E-state index is -0.234. The first-order valence-corrected chi connectivity index (χ1v) is 9.52. The standard InChI is InChI=1S/C21H25ClFN3O.HI/c1-24-20(25-14-16-6-8-17(23)9-7-16)26-15-21(10-12-27-13-11-21)18-4-2-3-5-19(18)22;/h2-9H,10-15H2,1H3,(H2,24,25,26);1H. The Morgan fingerprint density at radius 2 is 1.79 bits per heavy atom. The van der Waals surface area contributed by atoms with Gasteiger partial charge in [0.2, 0.25) is 0 Å². The van der Waals surface area contributed by atoms with Crippen molar-refractivity contribution in [3.8, 4) is 0 Å². The van der Waals surface area contributed by atoms with Crippen molar-refractivity contribution in [2.75, 3.05) is 26.8 Å². The Morgan fingerprint density at radius 1 is 1.11 bits per heavy atom. The Hall–Kier alpha value is -1.38. The molecule has 0 unspecified atom stereocenters. The lowest BCUT2D eigenvalue weighted by atomic mass is 9.74. The molecule has 4 nitrogen and oxygen atoms in total. The summed E-state index contributed by atoms with van der Waals surface area (Å²) in [6.07, 6.45) is 1.80. The summed E-state index contributed by atoms with van der Waals surface area (Å²) in [5.74, 6) is 0.472. The summed E-state index contributed by atoms with van der Waals surface area (Å²) in [5, 5.41) is 7.51. The van der Waals surface area contributed by atoms with Crippen LogP contribution in [-0.2, 0) is 16.7 Å². The first-order chi connectivity index (χ1) is 13.1. The van der Waals surface area contributed by atoms with Crippen molar-refractivity contribution in [3.63, 3.8) is 0 Å². The molecule has 0 spiro atoms. The second-order valence-electron chi connectivity index (χ2n) is 6.78. The number of rotatable bonds is 5. The lowest BCUT2D eigenvalue weighted by molar-refractivity contribution is 0.0514. The van der Waals surface area contributed by atoms with E-state index < -0.39 is 0 Å². The highest BCUT2D eigenvalue weighted by Gasteiger charge is 2.36. The maximum atomic E-state index is 13.0. The van der Waals surface area contributed by atoms with Crippen LogP contribution in [0.15, 0.2) is 53.5 Å². The van der Waals surface area contributed by atoms with Crippen LogP contribution >= 0.6 is 35.6 Å². The van der Waals surface area contributed by atoms with E-state index in [1.807, 2.05) is 18.2 Å². The van der Waals surface area contributed by atoms with E-state index in [1.54, 1.807) is 19.2 Å². The third-order valence-electron chi connectivity index (χ3n) is 5.09. The van der Waals surface area contributed by atoms with E-state index in [4.69, 9.17) is 16.3 Å². The van der Waals surface area contributed by atoms with E-state index in [0.29, 0.717) is 32.3 Å². The Balaban J connectivity index is 0.00000280. The molecular weight excluding hydrogens is 492 g/mol. The van der Waals surface area contributed by atoms with E-state index in [9.17, 15) is 4.39 Å². The molecule has 0 aromatic heterocycles. The van der Waals surface area contributed by atoms with Crippen molar-refractivity contribution in [1.29, 1.82) is 0 Å². The van der Waals surface area contributed by atoms with Gasteiger partial charge in [-0.3, -0.25) is 4.99 Å². The summed E-state index contributed by atoms with van der Waals surface area (Å²) in [6.45, 7) is 2.72. The number of benzene rings is 2. The van der Waals surface area contributed by atoms with Gasteiger partial charge in [0.15, 0.2) is 5.96 Å². The summed E-state index contributed by atoms with van der Waals surface area (Å²) in [6, 6.07) is 14.5. The van der Waals surface area contributed by atoms with Crippen LogP contribution in [0, 0.1) is 5.82 Å². The first kappa shape index (κ1) is 22.9. The molecule has 1 heterocycles. The molecule has 1 aliphatic rings. The van der Waals surface area contributed by atoms with Gasteiger partial charge in [0.05, 0.1) is 0 Å². The highest BCUT2D eigenvalue weighted by atomic mass is 127. The van der Waals surface area contributed by atoms with Crippen molar-refractivity contribution < 1.29 is 9.13 Å². The van der Waals surface area contributed by atoms with E-state index in [0.717, 1.165) is 29.0 Å². The van der Waals surface area contributed by atoms with Crippen LogP contribution < -0.4 is 10.6 Å². The van der Waals surface area contributed by atoms with Gasteiger partial charge in [-0.25, -0.2) is 4.39 Å². The van der Waals surface area contributed by atoms with Crippen molar-refractivity contribution in [1.82, 2.24) is 10.6 Å². The topological polar surface area (TPSA) is 45.7 Å². The number of nitrogens with zero attached hydrogens (tertiary/aromatic N) is 1. The molecule has 0 bridgehead atoms. The van der Waals surface area contributed by atoms with Gasteiger partial charge >= 0.3 is 0 Å². The summed E-state index contributed by atoms with van der Waals surface area (Å²) in [4.78, 5) is 4.31. The molecule has 3 rings (SSSR count). The molecule has 1 aliphatic heterocycles. The Kier molecular flexibility index (Phi) is 8.98. The fraction of sp³-hybridized carbons (Fsp3) is 0.381. The normalized spacial score (nSPS) is 16.2. The second kappa shape index (κ2) is 11.0. The summed E-state index contributed by atoms with van der Waals surface area (Å²) in [5.41, 5.74) is 2.05. The lowest BCUT2D eigenvalue weighted by Gasteiger charge is -2.38. The number of hydrogen-bond donors (Lipinski definition) is 2. The molecule has 2 aromatic rings. The molecule has 28 heavy (non-hydrogen) atoms. The molecular formula is C21H26ClFIN3O. The van der Waals surface area contributed by atoms with Gasteiger partial charge < -0.3 is 15.4 Å². The zero-order valence-electron chi connectivity index (χ0n) is 15.9. The van der Waals surface area contributed by atoms with E-state index >= 15 is 0 Å². The molecule has 0 aliphatic carbocycles. The quantitative estimate of drug-likeness (QED) is 0.349. The van der Waals surface area contributed by atoms with E-state index in [-0.39, 0.29) is 35.2 Å². The molecule has 1 saturated heterocycles. The molecule has 2 aromatic carbocycles. The fourth-order valence-electron chi connectivity index (χ4n) is 3.46. The molecule has 1 fully saturated rings. The van der Waals surface area contributed by atoms with Crippen LogP contribution in [0.25, 0.3) is 0 Å². The van der Waals surface area contributed by atoms with Crippen LogP contribution in [0.4, 0.5) is 4.39 Å². The van der Waals surface area contributed by atoms with E-state index in [1.165, 1.54) is 12.1 Å². The summed E-state index contributed by atoms with van der Waals surface area (Å²) < 4.78 is 18.6. The highest BCUT2D eigenvalue weighted by Crippen LogP contribution is 2.38. The second-order valence-corrected chi connectivity index (χ2v) is 7.19. The number of halogens is 3. The van der Waals surface area contributed by atoms with Gasteiger partial charge in [-0.15, -0.1) is 24.0 Å². The van der Waals surface area contributed by atoms with Gasteiger partial charge in [-0.2, -0.15) is 0 Å². The Bertz CT molecular complexity index is 779. The van der Waals surface area contributed by atoms with Crippen molar-refractivity contribution in [2.45, 2.75) is 24.8 Å². The molecule has 152 valence electrons. The average Bonchev–Trinajstić information content (AvgIpc) is 2.70. The molecule has 2 N–H and O–H groups in total. The molecule has 0 saturated carbocycles. The maximum Gasteiger partial charge on any atom is 0.191 e. The van der Waals surface area contributed by atoms with Crippen molar-refractivity contribution in [2.24, 2.45) is 4.99 Å². The molecule has 0 atom stereocenters. The van der Waals surface area contributed by atoms with Gasteiger partial charge in [0.25, 0.3) is 0 Å². The fourth-order valence-corrected chi connectivity index (χ4v) is 3.79. The van der Waals surface area contributed by atoms with Crippen LogP contribution in [0.3, 0.4) is 0 Å². The molecule has 0 amide bonds. The zero-order chi connectivity index (χ0) is 19.1. The first-order valence-electron chi connectivity index (χ1n) is 9.15. The zero-order valence-corrected chi connectivity index (χ0v) is 19.0. The Labute approximate surface area is 187 Å². The van der Waals surface area contributed by atoms with Crippen LogP contribution in [0.2, 0.25) is 5.02 Å². The van der Waals surface area contributed by atoms with Crippen molar-refractivity contribution >= 4 is 41.5 Å². The van der Waals surface area contributed by atoms with Crippen LogP contribution in [-0.4, -0.2) is 32.8 Å². The maximum absolute atomic E-state index is 13.0. The monoisotopic (exact) mass is 517 g/mol. The smallest absolute Gasteiger partial charge is 0.191 e. The number of nitrogens with one attached hydrogen (secondary N) is 2. The lowest BCUT2D eigenvalue weighted by Crippen LogP contribution is -2.48. The molecule has 0 radical (unpaired) electrons. The van der Waals surface area contributed by atoms with E-state index in [2.05, 4.69) is 21.7 Å². The van der Waals surface area contributed by atoms with Gasteiger partial charge in [0, 0.05) is 43.8 Å². The predicted molar refractivity (Wildman–Crippen MR) is 123 cm³/mol. The number of ether oxygens (including phenoxy) is 1. The highest BCUT2D eigenvalue weighted by molar-refractivity contribution is 14.0. The Morgan fingerprint density at radius 3 is 2.43 bits per heavy atom.